The molecule has 156 valence electrons. The maximum Gasteiger partial charge on any atom is 0.276 e. The van der Waals surface area contributed by atoms with Gasteiger partial charge in [0.15, 0.2) is 10.8 Å². The van der Waals surface area contributed by atoms with Gasteiger partial charge in [-0.3, -0.25) is 9.59 Å². The molecule has 0 saturated carbocycles. The van der Waals surface area contributed by atoms with Crippen molar-refractivity contribution in [1.82, 2.24) is 15.2 Å². The van der Waals surface area contributed by atoms with Crippen LogP contribution in [0.1, 0.15) is 5.69 Å². The van der Waals surface area contributed by atoms with Crippen molar-refractivity contribution in [2.45, 2.75) is 17.5 Å². The monoisotopic (exact) mass is 457 g/mol. The van der Waals surface area contributed by atoms with Crippen LogP contribution in [0.25, 0.3) is 0 Å². The number of fused-ring (bicyclic) bond motifs is 1. The number of oxime groups is 1. The Morgan fingerprint density at radius 3 is 3.14 bits per heavy atom. The Morgan fingerprint density at radius 1 is 1.59 bits per heavy atom. The van der Waals surface area contributed by atoms with Crippen LogP contribution in [0.15, 0.2) is 21.6 Å². The number of rotatable bonds is 7. The van der Waals surface area contributed by atoms with Gasteiger partial charge in [0.05, 0.1) is 12.7 Å². The third-order valence-corrected chi connectivity index (χ3v) is 7.69. The second-order valence-corrected chi connectivity index (χ2v) is 9.42. The standard InChI is InChI=1S/C16H19N5O5S3/c1-24-20-11(10-6-29-16(17)18-10)13(22)19-12-14(23)21-2-9(5-28-15(12)21)27-4-8-3-25-7-26-8/h2,6,8,12,15H,3-5,7H2,1H3,(H2,17,18)(H,19,22)/t8?,12?,15-/m1/s1. The van der Waals surface area contributed by atoms with E-state index in [1.54, 1.807) is 33.8 Å². The van der Waals surface area contributed by atoms with E-state index in [9.17, 15) is 9.59 Å². The number of nitrogen functional groups attached to an aromatic ring is 1. The summed E-state index contributed by atoms with van der Waals surface area (Å²) in [7, 11) is 1.34. The molecule has 3 aliphatic heterocycles. The first-order chi connectivity index (χ1) is 14.1. The third-order valence-electron chi connectivity index (χ3n) is 4.35. The predicted molar refractivity (Wildman–Crippen MR) is 111 cm³/mol. The van der Waals surface area contributed by atoms with E-state index in [-0.39, 0.29) is 23.1 Å². The number of aromatic nitrogens is 1. The average molecular weight is 458 g/mol. The van der Waals surface area contributed by atoms with Gasteiger partial charge in [0.2, 0.25) is 0 Å². The Bertz CT molecular complexity index is 854. The number of hydrogen-bond acceptors (Lipinski definition) is 11. The van der Waals surface area contributed by atoms with Gasteiger partial charge in [-0.15, -0.1) is 34.9 Å². The molecule has 0 aliphatic carbocycles. The number of thioether (sulfide) groups is 2. The van der Waals surface area contributed by atoms with Gasteiger partial charge in [-0.25, -0.2) is 4.98 Å². The number of nitrogens with zero attached hydrogens (tertiary/aromatic N) is 3. The van der Waals surface area contributed by atoms with E-state index < -0.39 is 11.9 Å². The molecule has 0 radical (unpaired) electrons. The molecular weight excluding hydrogens is 438 g/mol. The molecule has 1 aromatic heterocycles. The van der Waals surface area contributed by atoms with E-state index in [1.165, 1.54) is 18.4 Å². The minimum atomic E-state index is -0.625. The van der Waals surface area contributed by atoms with Crippen LogP contribution in [0.3, 0.4) is 0 Å². The zero-order valence-electron chi connectivity index (χ0n) is 15.4. The molecule has 3 N–H and O–H groups in total. The first-order valence-electron chi connectivity index (χ1n) is 8.67. The molecule has 3 aliphatic rings. The molecule has 2 fully saturated rings. The van der Waals surface area contributed by atoms with Crippen molar-refractivity contribution in [3.63, 3.8) is 0 Å². The fraction of sp³-hybridized carbons (Fsp3) is 0.500. The highest BCUT2D eigenvalue weighted by Crippen LogP contribution is 2.39. The van der Waals surface area contributed by atoms with E-state index in [1.807, 2.05) is 6.20 Å². The number of thiazole rings is 1. The van der Waals surface area contributed by atoms with Crippen LogP contribution in [0, 0.1) is 0 Å². The molecule has 4 heterocycles. The number of carbonyl (C=O) groups is 2. The number of nitrogens with two attached hydrogens (primary N) is 1. The first-order valence-corrected chi connectivity index (χ1v) is 11.6. The van der Waals surface area contributed by atoms with Crippen molar-refractivity contribution in [3.05, 3.63) is 22.2 Å². The Balaban J connectivity index is 1.36. The zero-order valence-corrected chi connectivity index (χ0v) is 17.8. The Hall–Kier alpha value is -1.80. The van der Waals surface area contributed by atoms with E-state index in [0.717, 1.165) is 16.4 Å². The van der Waals surface area contributed by atoms with E-state index in [0.29, 0.717) is 24.2 Å². The molecule has 13 heteroatoms. The molecule has 0 bridgehead atoms. The molecule has 2 saturated heterocycles. The largest absolute Gasteiger partial charge is 0.398 e. The molecule has 3 atom stereocenters. The van der Waals surface area contributed by atoms with Crippen LogP contribution >= 0.6 is 34.9 Å². The van der Waals surface area contributed by atoms with Crippen LogP contribution < -0.4 is 11.1 Å². The van der Waals surface area contributed by atoms with E-state index >= 15 is 0 Å². The van der Waals surface area contributed by atoms with E-state index in [2.05, 4.69) is 15.5 Å². The highest BCUT2D eigenvalue weighted by molar-refractivity contribution is 8.06. The Kier molecular flexibility index (Phi) is 6.29. The van der Waals surface area contributed by atoms with Gasteiger partial charge in [-0.1, -0.05) is 5.16 Å². The number of ether oxygens (including phenoxy) is 2. The molecule has 2 amide bonds. The summed E-state index contributed by atoms with van der Waals surface area (Å²) in [5, 5.41) is 8.27. The number of nitrogens with one attached hydrogen (secondary N) is 1. The van der Waals surface area contributed by atoms with E-state index in [4.69, 9.17) is 20.0 Å². The topological polar surface area (TPSA) is 128 Å². The number of β-lactam (4-membered cyclic amide) rings is 1. The van der Waals surface area contributed by atoms with Crippen LogP contribution in [-0.4, -0.2) is 76.9 Å². The van der Waals surface area contributed by atoms with Crippen molar-refractivity contribution in [1.29, 1.82) is 0 Å². The summed E-state index contributed by atoms with van der Waals surface area (Å²) in [5.74, 6) is 0.857. The Morgan fingerprint density at radius 2 is 2.45 bits per heavy atom. The predicted octanol–water partition coefficient (Wildman–Crippen LogP) is 0.423. The SMILES string of the molecule is CON=C(C(=O)NC1C(=O)N2C=C(SCC3COCO3)CS[C@H]12)c1csc(N)n1. The summed E-state index contributed by atoms with van der Waals surface area (Å²) in [6.45, 7) is 0.942. The van der Waals surface area contributed by atoms with Crippen molar-refractivity contribution in [2.24, 2.45) is 5.16 Å². The summed E-state index contributed by atoms with van der Waals surface area (Å²) in [6.07, 6.45) is 1.94. The fourth-order valence-corrected chi connectivity index (χ4v) is 5.92. The van der Waals surface area contributed by atoms with Crippen molar-refractivity contribution in [3.8, 4) is 0 Å². The van der Waals surface area contributed by atoms with Gasteiger partial charge in [0, 0.05) is 28.0 Å². The smallest absolute Gasteiger partial charge is 0.276 e. The summed E-state index contributed by atoms with van der Waals surface area (Å²) in [5.41, 5.74) is 5.92. The fourth-order valence-electron chi connectivity index (χ4n) is 2.94. The highest BCUT2D eigenvalue weighted by atomic mass is 32.2. The third kappa shape index (κ3) is 4.38. The maximum atomic E-state index is 12.7. The molecule has 4 rings (SSSR count). The van der Waals surface area contributed by atoms with Gasteiger partial charge in [-0.05, 0) is 0 Å². The van der Waals surface area contributed by atoms with Gasteiger partial charge in [-0.2, -0.15) is 0 Å². The minimum Gasteiger partial charge on any atom is -0.398 e. The summed E-state index contributed by atoms with van der Waals surface area (Å²) >= 11 is 4.46. The molecule has 0 spiro atoms. The van der Waals surface area contributed by atoms with Crippen LogP contribution in [0.5, 0.6) is 0 Å². The van der Waals surface area contributed by atoms with Crippen molar-refractivity contribution < 1.29 is 23.9 Å². The van der Waals surface area contributed by atoms with Crippen LogP contribution in [0.2, 0.25) is 0 Å². The molecule has 1 aromatic rings. The van der Waals surface area contributed by atoms with Gasteiger partial charge in [0.1, 0.15) is 31.0 Å². The highest BCUT2D eigenvalue weighted by Gasteiger charge is 2.50. The van der Waals surface area contributed by atoms with Crippen LogP contribution in [-0.2, 0) is 23.9 Å². The maximum absolute atomic E-state index is 12.7. The number of amides is 2. The minimum absolute atomic E-state index is 0.0157. The van der Waals surface area contributed by atoms with Crippen LogP contribution in [0.4, 0.5) is 5.13 Å². The second-order valence-electron chi connectivity index (χ2n) is 6.28. The van der Waals surface area contributed by atoms with Gasteiger partial charge < -0.3 is 30.3 Å². The van der Waals surface area contributed by atoms with Crippen molar-refractivity contribution >= 4 is 57.5 Å². The zero-order chi connectivity index (χ0) is 20.4. The van der Waals surface area contributed by atoms with Gasteiger partial charge >= 0.3 is 0 Å². The molecular formula is C16H19N5O5S3. The normalized spacial score (nSPS) is 26.6. The van der Waals surface area contributed by atoms with Gasteiger partial charge in [0.25, 0.3) is 11.8 Å². The Labute approximate surface area is 179 Å². The lowest BCUT2D eigenvalue weighted by Crippen LogP contribution is -2.69. The number of hydrogen-bond donors (Lipinski definition) is 2. The lowest BCUT2D eigenvalue weighted by atomic mass is 10.1. The van der Waals surface area contributed by atoms with Crippen molar-refractivity contribution in [2.75, 3.05) is 37.7 Å². The lowest BCUT2D eigenvalue weighted by Gasteiger charge is -2.47. The lowest BCUT2D eigenvalue weighted by molar-refractivity contribution is -0.143. The number of carbonyl (C=O) groups excluding carboxylic acids is 2. The first kappa shape index (κ1) is 20.5. The number of anilines is 1. The molecule has 2 unspecified atom stereocenters. The quantitative estimate of drug-likeness (QED) is 0.340. The summed E-state index contributed by atoms with van der Waals surface area (Å²) in [6, 6.07) is -0.625. The molecule has 29 heavy (non-hydrogen) atoms. The second kappa shape index (κ2) is 8.92. The molecule has 10 nitrogen and oxygen atoms in total. The average Bonchev–Trinajstić information content (AvgIpc) is 3.40. The summed E-state index contributed by atoms with van der Waals surface area (Å²) < 4.78 is 10.6. The summed E-state index contributed by atoms with van der Waals surface area (Å²) in [4.78, 5) is 36.8. The molecule has 0 aromatic carbocycles.